The van der Waals surface area contributed by atoms with Crippen LogP contribution in [-0.4, -0.2) is 12.6 Å². The van der Waals surface area contributed by atoms with Gasteiger partial charge in [0.15, 0.2) is 5.43 Å². The quantitative estimate of drug-likeness (QED) is 0.573. The molecule has 0 bridgehead atoms. The summed E-state index contributed by atoms with van der Waals surface area (Å²) < 4.78 is 11.0. The molecule has 0 saturated heterocycles. The molecular formula is C23H22O4. The Morgan fingerprint density at radius 1 is 1.07 bits per heavy atom. The van der Waals surface area contributed by atoms with Crippen LogP contribution in [0.3, 0.4) is 0 Å². The highest BCUT2D eigenvalue weighted by atomic mass is 16.5. The van der Waals surface area contributed by atoms with Crippen molar-refractivity contribution >= 4 is 29.1 Å². The van der Waals surface area contributed by atoms with Crippen molar-refractivity contribution < 1.29 is 13.9 Å². The summed E-state index contributed by atoms with van der Waals surface area (Å²) in [5, 5.41) is 0.404. The first-order valence-corrected chi connectivity index (χ1v) is 9.14. The van der Waals surface area contributed by atoms with Crippen LogP contribution in [-0.2, 0) is 11.2 Å². The van der Waals surface area contributed by atoms with E-state index in [1.54, 1.807) is 25.1 Å². The topological polar surface area (TPSA) is 56.5 Å². The van der Waals surface area contributed by atoms with Crippen LogP contribution in [0.2, 0.25) is 0 Å². The molecule has 0 aliphatic heterocycles. The fourth-order valence-corrected chi connectivity index (χ4v) is 2.95. The smallest absolute Gasteiger partial charge is 0.338 e. The van der Waals surface area contributed by atoms with Gasteiger partial charge in [0, 0.05) is 5.56 Å². The van der Waals surface area contributed by atoms with Crippen LogP contribution in [0.4, 0.5) is 0 Å². The summed E-state index contributed by atoms with van der Waals surface area (Å²) in [5.41, 5.74) is 2.36. The maximum atomic E-state index is 13.0. The zero-order chi connectivity index (χ0) is 19.2. The van der Waals surface area contributed by atoms with Gasteiger partial charge >= 0.3 is 5.97 Å². The lowest BCUT2D eigenvalue weighted by Gasteiger charge is -2.08. The number of benzene rings is 2. The third-order valence-corrected chi connectivity index (χ3v) is 4.25. The second-order valence-electron chi connectivity index (χ2n) is 6.20. The Balaban J connectivity index is 2.10. The Morgan fingerprint density at radius 2 is 1.85 bits per heavy atom. The van der Waals surface area contributed by atoms with Gasteiger partial charge in [-0.2, -0.15) is 0 Å². The standard InChI is InChI=1S/C23H22O4/c1-3-8-18-20(13-11-16-9-6-5-7-10-16)27-21-14-12-17(23(25)26-4-2)15-19(21)22(18)24/h5-7,9-15H,3-4,8H2,1-2H3/b13-11+. The van der Waals surface area contributed by atoms with E-state index in [0.717, 1.165) is 12.0 Å². The summed E-state index contributed by atoms with van der Waals surface area (Å²) >= 11 is 0. The SMILES string of the molecule is CCCc1c(/C=C/c2ccccc2)oc2ccc(C(=O)OCC)cc2c1=O. The maximum Gasteiger partial charge on any atom is 0.338 e. The third-order valence-electron chi connectivity index (χ3n) is 4.25. The van der Waals surface area contributed by atoms with E-state index < -0.39 is 5.97 Å². The van der Waals surface area contributed by atoms with Crippen LogP contribution >= 0.6 is 0 Å². The van der Waals surface area contributed by atoms with Gasteiger partial charge in [0.25, 0.3) is 0 Å². The molecule has 0 saturated carbocycles. The fraction of sp³-hybridized carbons (Fsp3) is 0.217. The minimum absolute atomic E-state index is 0.100. The number of esters is 1. The highest BCUT2D eigenvalue weighted by Crippen LogP contribution is 2.21. The molecule has 27 heavy (non-hydrogen) atoms. The molecule has 3 rings (SSSR count). The number of hydrogen-bond acceptors (Lipinski definition) is 4. The molecule has 0 aliphatic rings. The van der Waals surface area contributed by atoms with Gasteiger partial charge in [0.1, 0.15) is 11.3 Å². The van der Waals surface area contributed by atoms with Gasteiger partial charge in [-0.1, -0.05) is 49.8 Å². The molecule has 0 radical (unpaired) electrons. The molecular weight excluding hydrogens is 340 g/mol. The first-order valence-electron chi connectivity index (χ1n) is 9.14. The van der Waals surface area contributed by atoms with Crippen LogP contribution in [0, 0.1) is 0 Å². The molecule has 1 heterocycles. The van der Waals surface area contributed by atoms with Crippen LogP contribution < -0.4 is 5.43 Å². The van der Waals surface area contributed by atoms with E-state index in [4.69, 9.17) is 9.15 Å². The number of carbonyl (C=O) groups is 1. The lowest BCUT2D eigenvalue weighted by molar-refractivity contribution is 0.0526. The molecule has 0 amide bonds. The molecule has 4 nitrogen and oxygen atoms in total. The Morgan fingerprint density at radius 3 is 2.56 bits per heavy atom. The van der Waals surface area contributed by atoms with Gasteiger partial charge in [-0.05, 0) is 43.2 Å². The summed E-state index contributed by atoms with van der Waals surface area (Å²) in [5.74, 6) is 0.117. The molecule has 0 aliphatic carbocycles. The first-order chi connectivity index (χ1) is 13.1. The molecule has 1 aromatic heterocycles. The molecule has 0 unspecified atom stereocenters. The summed E-state index contributed by atoms with van der Waals surface area (Å²) in [6, 6.07) is 14.7. The summed E-state index contributed by atoms with van der Waals surface area (Å²) in [6.45, 7) is 4.05. The zero-order valence-electron chi connectivity index (χ0n) is 15.5. The highest BCUT2D eigenvalue weighted by molar-refractivity contribution is 5.94. The molecule has 0 spiro atoms. The maximum absolute atomic E-state index is 13.0. The second kappa shape index (κ2) is 8.49. The van der Waals surface area contributed by atoms with Crippen LogP contribution in [0.15, 0.2) is 57.7 Å². The number of fused-ring (bicyclic) bond motifs is 1. The normalized spacial score (nSPS) is 11.2. The third kappa shape index (κ3) is 4.17. The minimum atomic E-state index is -0.441. The average molecular weight is 362 g/mol. The number of ether oxygens (including phenoxy) is 1. The molecule has 4 heteroatoms. The van der Waals surface area contributed by atoms with E-state index in [9.17, 15) is 9.59 Å². The summed E-state index contributed by atoms with van der Waals surface area (Å²) in [4.78, 5) is 25.0. The number of rotatable bonds is 6. The van der Waals surface area contributed by atoms with Gasteiger partial charge in [-0.15, -0.1) is 0 Å². The predicted molar refractivity (Wildman–Crippen MR) is 108 cm³/mol. The van der Waals surface area contributed by atoms with Crippen molar-refractivity contribution in [3.05, 3.63) is 81.2 Å². The van der Waals surface area contributed by atoms with Crippen molar-refractivity contribution in [2.45, 2.75) is 26.7 Å². The number of hydrogen-bond donors (Lipinski definition) is 0. The zero-order valence-corrected chi connectivity index (χ0v) is 15.5. The highest BCUT2D eigenvalue weighted by Gasteiger charge is 2.15. The molecule has 0 N–H and O–H groups in total. The second-order valence-corrected chi connectivity index (χ2v) is 6.20. The molecule has 0 fully saturated rings. The van der Waals surface area contributed by atoms with Crippen LogP contribution in [0.5, 0.6) is 0 Å². The first kappa shape index (κ1) is 18.6. The van der Waals surface area contributed by atoms with Gasteiger partial charge in [0.05, 0.1) is 17.6 Å². The van der Waals surface area contributed by atoms with E-state index in [1.807, 2.05) is 49.4 Å². The van der Waals surface area contributed by atoms with E-state index in [-0.39, 0.29) is 12.0 Å². The van der Waals surface area contributed by atoms with E-state index >= 15 is 0 Å². The van der Waals surface area contributed by atoms with Gasteiger partial charge in [0.2, 0.25) is 0 Å². The lowest BCUT2D eigenvalue weighted by Crippen LogP contribution is -2.12. The van der Waals surface area contributed by atoms with Crippen molar-refractivity contribution in [3.63, 3.8) is 0 Å². The Bertz CT molecular complexity index is 1030. The van der Waals surface area contributed by atoms with Crippen molar-refractivity contribution in [1.82, 2.24) is 0 Å². The molecule has 2 aromatic carbocycles. The Kier molecular flexibility index (Phi) is 5.87. The Hall–Kier alpha value is -3.14. The summed E-state index contributed by atoms with van der Waals surface area (Å²) in [7, 11) is 0. The Labute approximate surface area is 158 Å². The van der Waals surface area contributed by atoms with Crippen LogP contribution in [0.1, 0.15) is 47.5 Å². The number of carbonyl (C=O) groups excluding carboxylic acids is 1. The lowest BCUT2D eigenvalue weighted by atomic mass is 10.0. The van der Waals surface area contributed by atoms with Crippen molar-refractivity contribution in [3.8, 4) is 0 Å². The minimum Gasteiger partial charge on any atom is -0.462 e. The fourth-order valence-electron chi connectivity index (χ4n) is 2.95. The average Bonchev–Trinajstić information content (AvgIpc) is 2.69. The molecule has 3 aromatic rings. The van der Waals surface area contributed by atoms with Crippen molar-refractivity contribution in [2.75, 3.05) is 6.61 Å². The van der Waals surface area contributed by atoms with E-state index in [2.05, 4.69) is 0 Å². The monoisotopic (exact) mass is 362 g/mol. The van der Waals surface area contributed by atoms with Gasteiger partial charge < -0.3 is 9.15 Å². The summed E-state index contributed by atoms with van der Waals surface area (Å²) in [6.07, 6.45) is 5.19. The van der Waals surface area contributed by atoms with Crippen molar-refractivity contribution in [2.24, 2.45) is 0 Å². The largest absolute Gasteiger partial charge is 0.462 e. The van der Waals surface area contributed by atoms with Crippen molar-refractivity contribution in [1.29, 1.82) is 0 Å². The van der Waals surface area contributed by atoms with Gasteiger partial charge in [-0.3, -0.25) is 4.79 Å². The molecule has 0 atom stereocenters. The predicted octanol–water partition coefficient (Wildman–Crippen LogP) is 5.09. The van der Waals surface area contributed by atoms with Crippen LogP contribution in [0.25, 0.3) is 23.1 Å². The van der Waals surface area contributed by atoms with E-state index in [0.29, 0.717) is 34.3 Å². The van der Waals surface area contributed by atoms with Gasteiger partial charge in [-0.25, -0.2) is 4.79 Å². The molecule has 138 valence electrons. The van der Waals surface area contributed by atoms with E-state index in [1.165, 1.54) is 0 Å².